The SMILES string of the molecule is CC(C)(C)OC(=O)N1CC2CCC1C/C2=C/c1ccc(Cl)c(Cl)c1. The number of hydrogen-bond donors (Lipinski definition) is 0. The van der Waals surface area contributed by atoms with E-state index in [2.05, 4.69) is 6.08 Å². The third-order valence-corrected chi connectivity index (χ3v) is 5.36. The van der Waals surface area contributed by atoms with Crippen LogP contribution < -0.4 is 0 Å². The third-order valence-electron chi connectivity index (χ3n) is 4.63. The molecule has 2 unspecified atom stereocenters. The van der Waals surface area contributed by atoms with E-state index in [0.29, 0.717) is 16.0 Å². The summed E-state index contributed by atoms with van der Waals surface area (Å²) in [6.45, 7) is 6.46. The van der Waals surface area contributed by atoms with Gasteiger partial charge in [-0.3, -0.25) is 0 Å². The number of amides is 1. The minimum absolute atomic E-state index is 0.189. The first-order valence-corrected chi connectivity index (χ1v) is 9.13. The van der Waals surface area contributed by atoms with Crippen LogP contribution in [0, 0.1) is 5.92 Å². The zero-order valence-electron chi connectivity index (χ0n) is 14.3. The summed E-state index contributed by atoms with van der Waals surface area (Å²) < 4.78 is 5.55. The molecule has 3 nitrogen and oxygen atoms in total. The van der Waals surface area contributed by atoms with Crippen LogP contribution in [0.3, 0.4) is 0 Å². The van der Waals surface area contributed by atoms with Gasteiger partial charge in [-0.05, 0) is 63.6 Å². The first kappa shape index (κ1) is 17.6. The maximum atomic E-state index is 12.4. The van der Waals surface area contributed by atoms with Gasteiger partial charge in [-0.1, -0.05) is 40.9 Å². The van der Waals surface area contributed by atoms with Crippen molar-refractivity contribution in [2.45, 2.75) is 51.7 Å². The van der Waals surface area contributed by atoms with Gasteiger partial charge >= 0.3 is 6.09 Å². The third kappa shape index (κ3) is 3.89. The van der Waals surface area contributed by atoms with Crippen molar-refractivity contribution in [2.24, 2.45) is 5.92 Å². The van der Waals surface area contributed by atoms with Gasteiger partial charge in [-0.15, -0.1) is 0 Å². The quantitative estimate of drug-likeness (QED) is 0.627. The highest BCUT2D eigenvalue weighted by atomic mass is 35.5. The number of nitrogens with zero attached hydrogens (tertiary/aromatic N) is 1. The number of benzene rings is 1. The molecule has 1 aliphatic carbocycles. The lowest BCUT2D eigenvalue weighted by atomic mass is 9.75. The molecule has 24 heavy (non-hydrogen) atoms. The molecule has 2 heterocycles. The fourth-order valence-electron chi connectivity index (χ4n) is 3.52. The normalized spacial score (nSPS) is 25.2. The van der Waals surface area contributed by atoms with Crippen LogP contribution >= 0.6 is 23.2 Å². The smallest absolute Gasteiger partial charge is 0.410 e. The van der Waals surface area contributed by atoms with E-state index in [1.165, 1.54) is 5.57 Å². The van der Waals surface area contributed by atoms with E-state index in [1.54, 1.807) is 0 Å². The molecule has 1 aromatic carbocycles. The number of rotatable bonds is 1. The molecule has 1 amide bonds. The molecule has 2 atom stereocenters. The molecule has 4 rings (SSSR count). The molecule has 0 radical (unpaired) electrons. The molecule has 3 fully saturated rings. The highest BCUT2D eigenvalue weighted by Gasteiger charge is 2.40. The summed E-state index contributed by atoms with van der Waals surface area (Å²) in [4.78, 5) is 14.3. The maximum absolute atomic E-state index is 12.4. The van der Waals surface area contributed by atoms with Gasteiger partial charge in [0, 0.05) is 12.6 Å². The van der Waals surface area contributed by atoms with Crippen LogP contribution in [0.15, 0.2) is 23.8 Å². The van der Waals surface area contributed by atoms with E-state index < -0.39 is 5.60 Å². The Balaban J connectivity index is 1.74. The van der Waals surface area contributed by atoms with Crippen molar-refractivity contribution in [2.75, 3.05) is 6.54 Å². The molecule has 5 heteroatoms. The molecular formula is C19H23Cl2NO2. The van der Waals surface area contributed by atoms with Crippen molar-refractivity contribution in [3.63, 3.8) is 0 Å². The maximum Gasteiger partial charge on any atom is 0.410 e. The van der Waals surface area contributed by atoms with Crippen LogP contribution in [0.4, 0.5) is 4.79 Å². The second kappa shape index (κ2) is 6.61. The van der Waals surface area contributed by atoms with Crippen molar-refractivity contribution in [1.82, 2.24) is 4.90 Å². The van der Waals surface area contributed by atoms with Gasteiger partial charge < -0.3 is 9.64 Å². The largest absolute Gasteiger partial charge is 0.444 e. The molecule has 2 aliphatic heterocycles. The minimum atomic E-state index is -0.452. The predicted molar refractivity (Wildman–Crippen MR) is 98.5 cm³/mol. The fourth-order valence-corrected chi connectivity index (χ4v) is 3.82. The molecule has 130 valence electrons. The Labute approximate surface area is 153 Å². The highest BCUT2D eigenvalue weighted by molar-refractivity contribution is 6.42. The van der Waals surface area contributed by atoms with Crippen molar-refractivity contribution in [1.29, 1.82) is 0 Å². The average molecular weight is 368 g/mol. The molecule has 0 N–H and O–H groups in total. The van der Waals surface area contributed by atoms with Crippen LogP contribution in [0.25, 0.3) is 6.08 Å². The predicted octanol–water partition coefficient (Wildman–Crippen LogP) is 5.80. The lowest BCUT2D eigenvalue weighted by Crippen LogP contribution is -2.53. The van der Waals surface area contributed by atoms with Crippen LogP contribution in [-0.4, -0.2) is 29.2 Å². The number of carbonyl (C=O) groups is 1. The Hall–Kier alpha value is -1.19. The van der Waals surface area contributed by atoms with Crippen LogP contribution in [0.2, 0.25) is 10.0 Å². The van der Waals surface area contributed by atoms with Gasteiger partial charge in [-0.25, -0.2) is 4.79 Å². The minimum Gasteiger partial charge on any atom is -0.444 e. The Morgan fingerprint density at radius 1 is 1.25 bits per heavy atom. The molecule has 1 aromatic rings. The Kier molecular flexibility index (Phi) is 4.85. The second-order valence-electron chi connectivity index (χ2n) is 7.66. The Bertz CT molecular complexity index is 678. The number of carbonyl (C=O) groups excluding carboxylic acids is 1. The van der Waals surface area contributed by atoms with Gasteiger partial charge in [-0.2, -0.15) is 0 Å². The zero-order valence-corrected chi connectivity index (χ0v) is 15.8. The molecule has 0 aromatic heterocycles. The Morgan fingerprint density at radius 3 is 2.58 bits per heavy atom. The van der Waals surface area contributed by atoms with Crippen molar-refractivity contribution >= 4 is 35.4 Å². The molecular weight excluding hydrogens is 345 g/mol. The van der Waals surface area contributed by atoms with Gasteiger partial charge in [0.25, 0.3) is 0 Å². The van der Waals surface area contributed by atoms with E-state index in [9.17, 15) is 4.79 Å². The monoisotopic (exact) mass is 367 g/mol. The van der Waals surface area contributed by atoms with E-state index >= 15 is 0 Å². The molecule has 2 bridgehead atoms. The molecule has 1 saturated carbocycles. The average Bonchev–Trinajstić information content (AvgIpc) is 2.50. The zero-order chi connectivity index (χ0) is 17.5. The first-order chi connectivity index (χ1) is 11.2. The topological polar surface area (TPSA) is 29.5 Å². The summed E-state index contributed by atoms with van der Waals surface area (Å²) in [7, 11) is 0. The summed E-state index contributed by atoms with van der Waals surface area (Å²) in [6.07, 6.45) is 5.08. The summed E-state index contributed by atoms with van der Waals surface area (Å²) in [5, 5.41) is 1.14. The molecule has 2 saturated heterocycles. The van der Waals surface area contributed by atoms with Crippen LogP contribution in [-0.2, 0) is 4.74 Å². The molecule has 0 spiro atoms. The first-order valence-electron chi connectivity index (χ1n) is 8.38. The second-order valence-corrected chi connectivity index (χ2v) is 8.47. The summed E-state index contributed by atoms with van der Waals surface area (Å²) >= 11 is 12.1. The van der Waals surface area contributed by atoms with E-state index in [1.807, 2.05) is 43.9 Å². The number of halogens is 2. The van der Waals surface area contributed by atoms with E-state index in [4.69, 9.17) is 27.9 Å². The van der Waals surface area contributed by atoms with Crippen LogP contribution in [0.5, 0.6) is 0 Å². The van der Waals surface area contributed by atoms with Crippen molar-refractivity contribution in [3.05, 3.63) is 39.4 Å². The Morgan fingerprint density at radius 2 is 2.00 bits per heavy atom. The number of fused-ring (bicyclic) bond motifs is 3. The van der Waals surface area contributed by atoms with Gasteiger partial charge in [0.05, 0.1) is 10.0 Å². The molecule has 3 aliphatic rings. The number of hydrogen-bond acceptors (Lipinski definition) is 2. The number of ether oxygens (including phenoxy) is 1. The lowest BCUT2D eigenvalue weighted by Gasteiger charge is -2.46. The highest BCUT2D eigenvalue weighted by Crippen LogP contribution is 2.40. The summed E-state index contributed by atoms with van der Waals surface area (Å²) in [5.41, 5.74) is 2.01. The van der Waals surface area contributed by atoms with Gasteiger partial charge in [0.1, 0.15) is 5.60 Å². The fraction of sp³-hybridized carbons (Fsp3) is 0.526. The van der Waals surface area contributed by atoms with Gasteiger partial charge in [0.2, 0.25) is 0 Å². The van der Waals surface area contributed by atoms with Crippen molar-refractivity contribution in [3.8, 4) is 0 Å². The van der Waals surface area contributed by atoms with Crippen molar-refractivity contribution < 1.29 is 9.53 Å². The van der Waals surface area contributed by atoms with E-state index in [-0.39, 0.29) is 12.1 Å². The van der Waals surface area contributed by atoms with Crippen LogP contribution in [0.1, 0.15) is 45.6 Å². The van der Waals surface area contributed by atoms with Gasteiger partial charge in [0.15, 0.2) is 0 Å². The standard InChI is InChI=1S/C19H23Cl2NO2/c1-19(2,3)24-18(23)22-11-13-5-6-15(22)10-14(13)8-12-4-7-16(20)17(21)9-12/h4,7-9,13,15H,5-6,10-11H2,1-3H3/b14-8-. The summed E-state index contributed by atoms with van der Waals surface area (Å²) in [5.74, 6) is 0.400. The lowest BCUT2D eigenvalue weighted by molar-refractivity contribution is -0.00213. The number of piperidine rings is 2. The summed E-state index contributed by atoms with van der Waals surface area (Å²) in [6, 6.07) is 5.93. The van der Waals surface area contributed by atoms with E-state index in [0.717, 1.165) is 31.4 Å².